The van der Waals surface area contributed by atoms with Crippen LogP contribution in [-0.2, 0) is 15.9 Å². The summed E-state index contributed by atoms with van der Waals surface area (Å²) in [6.45, 7) is 7.67. The molecule has 4 rings (SSSR count). The van der Waals surface area contributed by atoms with Crippen LogP contribution in [0.25, 0.3) is 11.2 Å². The van der Waals surface area contributed by atoms with E-state index in [0.29, 0.717) is 37.2 Å². The topological polar surface area (TPSA) is 172 Å². The summed E-state index contributed by atoms with van der Waals surface area (Å²) in [6.07, 6.45) is 1.46. The number of hydrogen-bond acceptors (Lipinski definition) is 9. The van der Waals surface area contributed by atoms with Gasteiger partial charge in [-0.25, -0.2) is 19.7 Å². The van der Waals surface area contributed by atoms with Crippen LogP contribution in [0.1, 0.15) is 32.8 Å². The standard InChI is InChI=1S/C24H34N8O4/c1-23(2,3)15-5-7-16(8-6-15)31-22(34)27-10-4-9-26-11-17-19(33)24(35,12-36-17)32-14-30-18-20(25)28-13-29-21(18)32/h5-8,13-14,17,19,26,33,35H,4,9-12H2,1-3H3,(H2,25,28,29)(H2,27,31,34)/t17-,19-,24-/m1/s1. The molecule has 7 N–H and O–H groups in total. The van der Waals surface area contributed by atoms with Gasteiger partial charge >= 0.3 is 6.03 Å². The van der Waals surface area contributed by atoms with Crippen LogP contribution < -0.4 is 21.7 Å². The Kier molecular flexibility index (Phi) is 7.41. The average Bonchev–Trinajstić information content (AvgIpc) is 3.39. The lowest BCUT2D eigenvalue weighted by Gasteiger charge is -2.28. The summed E-state index contributed by atoms with van der Waals surface area (Å²) in [5.74, 6) is 0.190. The number of amides is 2. The predicted molar refractivity (Wildman–Crippen MR) is 135 cm³/mol. The highest BCUT2D eigenvalue weighted by Gasteiger charge is 2.50. The van der Waals surface area contributed by atoms with E-state index < -0.39 is 17.9 Å². The molecule has 1 saturated heterocycles. The molecule has 1 fully saturated rings. The number of nitrogens with one attached hydrogen (secondary N) is 3. The molecule has 2 amide bonds. The van der Waals surface area contributed by atoms with Crippen LogP contribution >= 0.6 is 0 Å². The molecule has 0 spiro atoms. The molecular formula is C24H34N8O4. The van der Waals surface area contributed by atoms with E-state index in [1.165, 1.54) is 22.8 Å². The number of fused-ring (bicyclic) bond motifs is 1. The van der Waals surface area contributed by atoms with Gasteiger partial charge in [-0.05, 0) is 36.1 Å². The van der Waals surface area contributed by atoms with Crippen LogP contribution in [0.3, 0.4) is 0 Å². The fourth-order valence-electron chi connectivity index (χ4n) is 4.11. The highest BCUT2D eigenvalue weighted by molar-refractivity contribution is 5.89. The molecule has 2 aromatic heterocycles. The van der Waals surface area contributed by atoms with Gasteiger partial charge in [-0.2, -0.15) is 0 Å². The molecule has 12 heteroatoms. The minimum absolute atomic E-state index is 0.0589. The van der Waals surface area contributed by atoms with E-state index in [4.69, 9.17) is 10.5 Å². The third-order valence-corrected chi connectivity index (χ3v) is 6.28. The summed E-state index contributed by atoms with van der Waals surface area (Å²) in [5.41, 5.74) is 6.74. The molecule has 3 aromatic rings. The quantitative estimate of drug-likeness (QED) is 0.247. The van der Waals surface area contributed by atoms with Gasteiger partial charge in [-0.3, -0.25) is 4.57 Å². The second-order valence-electron chi connectivity index (χ2n) is 9.98. The number of benzene rings is 1. The van der Waals surface area contributed by atoms with Crippen molar-refractivity contribution in [1.82, 2.24) is 30.2 Å². The lowest BCUT2D eigenvalue weighted by molar-refractivity contribution is -0.107. The monoisotopic (exact) mass is 498 g/mol. The largest absolute Gasteiger partial charge is 0.385 e. The number of aromatic nitrogens is 4. The maximum atomic E-state index is 12.1. The van der Waals surface area contributed by atoms with Crippen LogP contribution in [0.4, 0.5) is 16.3 Å². The van der Waals surface area contributed by atoms with E-state index in [0.717, 1.165) is 5.69 Å². The number of nitrogens with two attached hydrogens (primary N) is 1. The third kappa shape index (κ3) is 5.41. The number of anilines is 2. The molecule has 0 aliphatic carbocycles. The molecule has 1 aliphatic rings. The molecule has 12 nitrogen and oxygen atoms in total. The van der Waals surface area contributed by atoms with Crippen molar-refractivity contribution in [2.75, 3.05) is 37.3 Å². The Morgan fingerprint density at radius 2 is 1.97 bits per heavy atom. The molecule has 3 heterocycles. The van der Waals surface area contributed by atoms with Gasteiger partial charge < -0.3 is 36.6 Å². The van der Waals surface area contributed by atoms with Gasteiger partial charge in [0, 0.05) is 18.8 Å². The second-order valence-corrected chi connectivity index (χ2v) is 9.98. The van der Waals surface area contributed by atoms with Crippen molar-refractivity contribution in [2.24, 2.45) is 0 Å². The molecule has 36 heavy (non-hydrogen) atoms. The molecular weight excluding hydrogens is 464 g/mol. The first-order chi connectivity index (χ1) is 17.1. The van der Waals surface area contributed by atoms with Gasteiger partial charge in [-0.15, -0.1) is 0 Å². The Bertz CT molecular complexity index is 1190. The Morgan fingerprint density at radius 1 is 1.22 bits per heavy atom. The highest BCUT2D eigenvalue weighted by Crippen LogP contribution is 2.32. The molecule has 3 atom stereocenters. The summed E-state index contributed by atoms with van der Waals surface area (Å²) in [4.78, 5) is 24.3. The summed E-state index contributed by atoms with van der Waals surface area (Å²) in [5, 5.41) is 30.7. The van der Waals surface area contributed by atoms with E-state index in [1.807, 2.05) is 24.3 Å². The molecule has 0 bridgehead atoms. The summed E-state index contributed by atoms with van der Waals surface area (Å²) in [6, 6.07) is 7.54. The lowest BCUT2D eigenvalue weighted by atomic mass is 9.87. The first kappa shape index (κ1) is 25.8. The number of nitrogen functional groups attached to an aromatic ring is 1. The first-order valence-electron chi connectivity index (χ1n) is 11.9. The fourth-order valence-corrected chi connectivity index (χ4v) is 4.11. The van der Waals surface area contributed by atoms with Gasteiger partial charge in [0.05, 0.1) is 12.9 Å². The maximum absolute atomic E-state index is 12.1. The smallest absolute Gasteiger partial charge is 0.319 e. The molecule has 0 unspecified atom stereocenters. The number of carbonyl (C=O) groups excluding carboxylic acids is 1. The number of nitrogens with zero attached hydrogens (tertiary/aromatic N) is 4. The summed E-state index contributed by atoms with van der Waals surface area (Å²) >= 11 is 0. The molecule has 0 radical (unpaired) electrons. The molecule has 0 saturated carbocycles. The van der Waals surface area contributed by atoms with Crippen LogP contribution in [0.15, 0.2) is 36.9 Å². The molecule has 1 aromatic carbocycles. The van der Waals surface area contributed by atoms with Crippen molar-refractivity contribution in [3.63, 3.8) is 0 Å². The van der Waals surface area contributed by atoms with Crippen LogP contribution in [0.5, 0.6) is 0 Å². The number of carbonyl (C=O) groups is 1. The van der Waals surface area contributed by atoms with Crippen LogP contribution in [-0.4, -0.2) is 74.2 Å². The van der Waals surface area contributed by atoms with E-state index in [-0.39, 0.29) is 23.9 Å². The number of hydrogen-bond donors (Lipinski definition) is 6. The van der Waals surface area contributed by atoms with E-state index >= 15 is 0 Å². The zero-order chi connectivity index (χ0) is 25.9. The number of aliphatic hydroxyl groups excluding tert-OH is 1. The summed E-state index contributed by atoms with van der Waals surface area (Å²) in [7, 11) is 0. The van der Waals surface area contributed by atoms with E-state index in [9.17, 15) is 15.0 Å². The van der Waals surface area contributed by atoms with E-state index in [2.05, 4.69) is 51.7 Å². The van der Waals surface area contributed by atoms with Crippen molar-refractivity contribution < 1.29 is 19.7 Å². The fraction of sp³-hybridized carbons (Fsp3) is 0.500. The average molecular weight is 499 g/mol. The van der Waals surface area contributed by atoms with Crippen molar-refractivity contribution in [3.05, 3.63) is 42.5 Å². The van der Waals surface area contributed by atoms with Crippen molar-refractivity contribution in [2.45, 2.75) is 50.5 Å². The van der Waals surface area contributed by atoms with Crippen LogP contribution in [0.2, 0.25) is 0 Å². The number of ether oxygens (including phenoxy) is 1. The van der Waals surface area contributed by atoms with Crippen molar-refractivity contribution in [3.8, 4) is 0 Å². The van der Waals surface area contributed by atoms with E-state index in [1.54, 1.807) is 0 Å². The van der Waals surface area contributed by atoms with Gasteiger partial charge in [0.25, 0.3) is 0 Å². The number of aliphatic hydroxyl groups is 2. The lowest BCUT2D eigenvalue weighted by Crippen LogP contribution is -2.48. The Hall–Kier alpha value is -3.32. The Balaban J connectivity index is 1.18. The number of rotatable bonds is 8. The number of imidazole rings is 1. The van der Waals surface area contributed by atoms with Gasteiger partial charge in [0.2, 0.25) is 0 Å². The minimum Gasteiger partial charge on any atom is -0.385 e. The SMILES string of the molecule is CC(C)(C)c1ccc(NC(=O)NCCCNC[C@H]2OC[C@](O)(n3cnc4c(N)ncnc43)[C@@H]2O)cc1. The Morgan fingerprint density at radius 3 is 2.69 bits per heavy atom. The zero-order valence-electron chi connectivity index (χ0n) is 20.7. The summed E-state index contributed by atoms with van der Waals surface area (Å²) < 4.78 is 7.02. The van der Waals surface area contributed by atoms with Crippen LogP contribution in [0, 0.1) is 0 Å². The minimum atomic E-state index is -1.73. The highest BCUT2D eigenvalue weighted by atomic mass is 16.5. The van der Waals surface area contributed by atoms with Crippen molar-refractivity contribution in [1.29, 1.82) is 0 Å². The second kappa shape index (κ2) is 10.3. The molecule has 1 aliphatic heterocycles. The zero-order valence-corrected chi connectivity index (χ0v) is 20.7. The normalized spacial score (nSPS) is 22.1. The van der Waals surface area contributed by atoms with Crippen molar-refractivity contribution >= 4 is 28.7 Å². The first-order valence-corrected chi connectivity index (χ1v) is 11.9. The van der Waals surface area contributed by atoms with Gasteiger partial charge in [0.15, 0.2) is 17.2 Å². The maximum Gasteiger partial charge on any atom is 0.319 e. The Labute approximate surface area is 209 Å². The number of urea groups is 1. The predicted octanol–water partition coefficient (Wildman–Crippen LogP) is 0.912. The van der Waals surface area contributed by atoms with Gasteiger partial charge in [0.1, 0.15) is 24.1 Å². The van der Waals surface area contributed by atoms with Gasteiger partial charge in [-0.1, -0.05) is 32.9 Å². The third-order valence-electron chi connectivity index (χ3n) is 6.28. The molecule has 194 valence electrons.